The zero-order valence-corrected chi connectivity index (χ0v) is 10.6. The normalized spacial score (nSPS) is 22.8. The highest BCUT2D eigenvalue weighted by Crippen LogP contribution is 2.41. The first-order valence-corrected chi connectivity index (χ1v) is 6.11. The summed E-state index contributed by atoms with van der Waals surface area (Å²) in [6.07, 6.45) is -2.71. The Morgan fingerprint density at radius 3 is 2.76 bits per heavy atom. The first kappa shape index (κ1) is 13.8. The van der Waals surface area contributed by atoms with Gasteiger partial charge in [0, 0.05) is 30.7 Å². The maximum atomic E-state index is 13.4. The van der Waals surface area contributed by atoms with Gasteiger partial charge in [0.05, 0.1) is 18.2 Å². The van der Waals surface area contributed by atoms with Gasteiger partial charge in [-0.3, -0.25) is 9.59 Å². The summed E-state index contributed by atoms with van der Waals surface area (Å²) in [6, 6.07) is 0.968. The minimum absolute atomic E-state index is 0.107. The number of hydrogen-bond donors (Lipinski definition) is 1. The molecule has 2 aromatic rings. The van der Waals surface area contributed by atoms with Crippen molar-refractivity contribution in [3.8, 4) is 0 Å². The molecule has 21 heavy (non-hydrogen) atoms. The fourth-order valence-corrected chi connectivity index (χ4v) is 2.43. The molecule has 112 valence electrons. The van der Waals surface area contributed by atoms with Crippen molar-refractivity contribution in [3.63, 3.8) is 0 Å². The molecule has 0 saturated carbocycles. The van der Waals surface area contributed by atoms with Gasteiger partial charge in [-0.1, -0.05) is 0 Å². The molecule has 0 bridgehead atoms. The SMILES string of the molecule is O=c1cc2c(=O)n([C@@]3(C(F)(F)F)CCOC3)ncc2c[nH]1. The van der Waals surface area contributed by atoms with Crippen molar-refractivity contribution < 1.29 is 17.9 Å². The van der Waals surface area contributed by atoms with Crippen molar-refractivity contribution >= 4 is 10.8 Å². The molecule has 0 aromatic carbocycles. The third-order valence-electron chi connectivity index (χ3n) is 3.63. The molecule has 0 aliphatic carbocycles. The van der Waals surface area contributed by atoms with Gasteiger partial charge in [0.2, 0.25) is 5.56 Å². The highest BCUT2D eigenvalue weighted by atomic mass is 19.4. The minimum Gasteiger partial charge on any atom is -0.378 e. The number of hydrogen-bond acceptors (Lipinski definition) is 4. The number of nitrogens with one attached hydrogen (secondary N) is 1. The number of aromatic amines is 1. The number of H-pyrrole nitrogens is 1. The minimum atomic E-state index is -4.69. The lowest BCUT2D eigenvalue weighted by Crippen LogP contribution is -2.53. The second kappa shape index (κ2) is 4.42. The molecule has 1 N–H and O–H groups in total. The third-order valence-corrected chi connectivity index (χ3v) is 3.63. The molecule has 1 aliphatic heterocycles. The van der Waals surface area contributed by atoms with E-state index in [1.165, 1.54) is 6.20 Å². The van der Waals surface area contributed by atoms with E-state index >= 15 is 0 Å². The molecule has 1 aliphatic rings. The van der Waals surface area contributed by atoms with E-state index in [4.69, 9.17) is 4.74 Å². The van der Waals surface area contributed by atoms with Crippen molar-refractivity contribution in [2.75, 3.05) is 13.2 Å². The summed E-state index contributed by atoms with van der Waals surface area (Å²) in [4.78, 5) is 25.9. The van der Waals surface area contributed by atoms with Crippen molar-refractivity contribution in [1.82, 2.24) is 14.8 Å². The van der Waals surface area contributed by atoms with Crippen molar-refractivity contribution in [1.29, 1.82) is 0 Å². The van der Waals surface area contributed by atoms with Crippen molar-refractivity contribution in [2.45, 2.75) is 18.1 Å². The topological polar surface area (TPSA) is 77.0 Å². The quantitative estimate of drug-likeness (QED) is 0.844. The Morgan fingerprint density at radius 2 is 2.14 bits per heavy atom. The van der Waals surface area contributed by atoms with E-state index in [0.29, 0.717) is 4.68 Å². The van der Waals surface area contributed by atoms with Crippen LogP contribution in [0.25, 0.3) is 10.8 Å². The molecule has 0 unspecified atom stereocenters. The number of ether oxygens (including phenoxy) is 1. The van der Waals surface area contributed by atoms with E-state index in [1.54, 1.807) is 0 Å². The summed E-state index contributed by atoms with van der Waals surface area (Å²) in [7, 11) is 0. The first-order chi connectivity index (χ1) is 9.85. The summed E-state index contributed by atoms with van der Waals surface area (Å²) in [5, 5.41) is 3.80. The molecule has 3 heterocycles. The Labute approximate surface area is 115 Å². The smallest absolute Gasteiger partial charge is 0.378 e. The molecule has 9 heteroatoms. The summed E-state index contributed by atoms with van der Waals surface area (Å²) >= 11 is 0. The van der Waals surface area contributed by atoms with Gasteiger partial charge in [0.25, 0.3) is 5.56 Å². The fourth-order valence-electron chi connectivity index (χ4n) is 2.43. The van der Waals surface area contributed by atoms with Crippen LogP contribution in [-0.4, -0.2) is 34.2 Å². The second-order valence-electron chi connectivity index (χ2n) is 4.86. The van der Waals surface area contributed by atoms with Crippen LogP contribution in [0, 0.1) is 0 Å². The summed E-state index contributed by atoms with van der Waals surface area (Å²) in [5.74, 6) is 0. The number of halogens is 3. The molecular weight excluding hydrogens is 291 g/mol. The van der Waals surface area contributed by atoms with Gasteiger partial charge < -0.3 is 9.72 Å². The van der Waals surface area contributed by atoms with E-state index in [1.807, 2.05) is 0 Å². The van der Waals surface area contributed by atoms with Crippen LogP contribution in [0.2, 0.25) is 0 Å². The summed E-state index contributed by atoms with van der Waals surface area (Å²) in [5.41, 5.74) is -4.01. The molecular formula is C12H10F3N3O3. The average Bonchev–Trinajstić information content (AvgIpc) is 2.90. The lowest BCUT2D eigenvalue weighted by Gasteiger charge is -2.30. The average molecular weight is 301 g/mol. The molecule has 0 amide bonds. The molecule has 1 fully saturated rings. The van der Waals surface area contributed by atoms with E-state index in [9.17, 15) is 22.8 Å². The molecule has 6 nitrogen and oxygen atoms in total. The van der Waals surface area contributed by atoms with E-state index in [2.05, 4.69) is 10.1 Å². The molecule has 3 rings (SSSR count). The Morgan fingerprint density at radius 1 is 1.38 bits per heavy atom. The maximum Gasteiger partial charge on any atom is 0.416 e. The van der Waals surface area contributed by atoms with Crippen LogP contribution in [0.3, 0.4) is 0 Å². The largest absolute Gasteiger partial charge is 0.416 e. The van der Waals surface area contributed by atoms with E-state index in [-0.39, 0.29) is 17.4 Å². The maximum absolute atomic E-state index is 13.4. The van der Waals surface area contributed by atoms with Crippen LogP contribution in [0.5, 0.6) is 0 Å². The van der Waals surface area contributed by atoms with Gasteiger partial charge in [-0.25, -0.2) is 4.68 Å². The van der Waals surface area contributed by atoms with Crippen LogP contribution in [-0.2, 0) is 10.3 Å². The zero-order chi connectivity index (χ0) is 15.3. The van der Waals surface area contributed by atoms with Crippen molar-refractivity contribution in [2.24, 2.45) is 0 Å². The standard InChI is InChI=1S/C12H10F3N3O3/c13-12(14,15)11(1-2-21-6-11)18-10(20)8-3-9(19)16-4-7(8)5-17-18/h3-5H,1-2,6H2,(H,16,19)/t11-/m0/s1. The predicted molar refractivity (Wildman–Crippen MR) is 66.1 cm³/mol. The number of fused-ring (bicyclic) bond motifs is 1. The number of alkyl halides is 3. The van der Waals surface area contributed by atoms with Gasteiger partial charge in [-0.2, -0.15) is 18.3 Å². The molecule has 0 radical (unpaired) electrons. The first-order valence-electron chi connectivity index (χ1n) is 6.11. The van der Waals surface area contributed by atoms with E-state index in [0.717, 1.165) is 12.3 Å². The van der Waals surface area contributed by atoms with Crippen LogP contribution in [0.15, 0.2) is 28.0 Å². The van der Waals surface area contributed by atoms with E-state index < -0.39 is 35.9 Å². The zero-order valence-electron chi connectivity index (χ0n) is 10.6. The number of pyridine rings is 1. The molecule has 0 spiro atoms. The summed E-state index contributed by atoms with van der Waals surface area (Å²) < 4.78 is 45.5. The Kier molecular flexibility index (Phi) is 2.90. The van der Waals surface area contributed by atoms with Crippen LogP contribution in [0.1, 0.15) is 6.42 Å². The van der Waals surface area contributed by atoms with Gasteiger partial charge in [-0.05, 0) is 0 Å². The molecule has 1 saturated heterocycles. The molecule has 2 aromatic heterocycles. The fraction of sp³-hybridized carbons (Fsp3) is 0.417. The second-order valence-corrected chi connectivity index (χ2v) is 4.86. The van der Waals surface area contributed by atoms with Gasteiger partial charge in [0.1, 0.15) is 0 Å². The van der Waals surface area contributed by atoms with Gasteiger partial charge in [-0.15, -0.1) is 0 Å². The van der Waals surface area contributed by atoms with Crippen LogP contribution < -0.4 is 11.1 Å². The molecule has 1 atom stereocenters. The number of aromatic nitrogens is 3. The lowest BCUT2D eigenvalue weighted by atomic mass is 9.98. The highest BCUT2D eigenvalue weighted by Gasteiger charge is 2.60. The van der Waals surface area contributed by atoms with Crippen LogP contribution >= 0.6 is 0 Å². The Hall–Kier alpha value is -2.16. The summed E-state index contributed by atoms with van der Waals surface area (Å²) in [6.45, 7) is -0.779. The van der Waals surface area contributed by atoms with Crippen LogP contribution in [0.4, 0.5) is 13.2 Å². The van der Waals surface area contributed by atoms with Gasteiger partial charge in [0.15, 0.2) is 5.54 Å². The highest BCUT2D eigenvalue weighted by molar-refractivity contribution is 5.79. The van der Waals surface area contributed by atoms with Gasteiger partial charge >= 0.3 is 6.18 Å². The lowest BCUT2D eigenvalue weighted by molar-refractivity contribution is -0.218. The number of nitrogens with zero attached hydrogens (tertiary/aromatic N) is 2. The third kappa shape index (κ3) is 1.96. The number of rotatable bonds is 1. The van der Waals surface area contributed by atoms with Crippen molar-refractivity contribution in [3.05, 3.63) is 39.2 Å². The Balaban J connectivity index is 2.32. The Bertz CT molecular complexity index is 803. The predicted octanol–water partition coefficient (Wildman–Crippen LogP) is 0.763. The monoisotopic (exact) mass is 301 g/mol.